The normalized spacial score (nSPS) is 19.8. The molecule has 4 amide bonds. The monoisotopic (exact) mass is 449 g/mol. The van der Waals surface area contributed by atoms with Gasteiger partial charge in [0.25, 0.3) is 5.91 Å². The smallest absolute Gasteiger partial charge is 0.325 e. The first-order valence-corrected chi connectivity index (χ1v) is 11.5. The van der Waals surface area contributed by atoms with Crippen LogP contribution in [0.4, 0.5) is 4.79 Å². The summed E-state index contributed by atoms with van der Waals surface area (Å²) in [5, 5.41) is 9.75. The van der Waals surface area contributed by atoms with Gasteiger partial charge in [0.1, 0.15) is 24.4 Å². The standard InChI is InChI=1S/C24H23N3O4S/c28-21(25-11-12-31-18-8-7-16-4-1-2-5-17(16)14-18)15-27-22(29)24(26-23(27)30)10-3-6-20-19(24)9-13-32-20/h1-2,4-5,7-9,13-14H,3,6,10-12,15H2,(H,25,28)(H,26,30). The number of hydrogen-bond donors (Lipinski definition) is 2. The average Bonchev–Trinajstić information content (AvgIpc) is 3.37. The highest BCUT2D eigenvalue weighted by atomic mass is 32.1. The molecule has 1 aliphatic heterocycles. The third-order valence-electron chi connectivity index (χ3n) is 6.05. The number of nitrogens with one attached hydrogen (secondary N) is 2. The van der Waals surface area contributed by atoms with Crippen LogP contribution < -0.4 is 15.4 Å². The topological polar surface area (TPSA) is 87.7 Å². The summed E-state index contributed by atoms with van der Waals surface area (Å²) in [4.78, 5) is 40.2. The van der Waals surface area contributed by atoms with Gasteiger partial charge in [-0.15, -0.1) is 11.3 Å². The van der Waals surface area contributed by atoms with E-state index in [1.54, 1.807) is 11.3 Å². The van der Waals surface area contributed by atoms with E-state index in [2.05, 4.69) is 10.6 Å². The van der Waals surface area contributed by atoms with Crippen molar-refractivity contribution in [2.24, 2.45) is 0 Å². The Morgan fingerprint density at radius 3 is 2.88 bits per heavy atom. The fourth-order valence-corrected chi connectivity index (χ4v) is 5.50. The van der Waals surface area contributed by atoms with Crippen LogP contribution in [0.25, 0.3) is 10.8 Å². The highest BCUT2D eigenvalue weighted by molar-refractivity contribution is 7.10. The molecule has 32 heavy (non-hydrogen) atoms. The fourth-order valence-electron chi connectivity index (χ4n) is 4.50. The summed E-state index contributed by atoms with van der Waals surface area (Å²) in [6.07, 6.45) is 2.29. The van der Waals surface area contributed by atoms with E-state index in [4.69, 9.17) is 4.74 Å². The molecule has 2 heterocycles. The number of amides is 4. The van der Waals surface area contributed by atoms with Crippen molar-refractivity contribution < 1.29 is 19.1 Å². The lowest BCUT2D eigenvalue weighted by Crippen LogP contribution is -2.47. The van der Waals surface area contributed by atoms with Crippen molar-refractivity contribution in [3.63, 3.8) is 0 Å². The van der Waals surface area contributed by atoms with E-state index >= 15 is 0 Å². The van der Waals surface area contributed by atoms with E-state index in [1.165, 1.54) is 0 Å². The van der Waals surface area contributed by atoms with Crippen molar-refractivity contribution in [1.29, 1.82) is 0 Å². The van der Waals surface area contributed by atoms with Crippen LogP contribution in [-0.2, 0) is 21.5 Å². The number of benzene rings is 2. The summed E-state index contributed by atoms with van der Waals surface area (Å²) in [6, 6.07) is 15.2. The molecule has 1 spiro atoms. The van der Waals surface area contributed by atoms with Gasteiger partial charge in [-0.1, -0.05) is 30.3 Å². The molecule has 1 saturated heterocycles. The minimum atomic E-state index is -1.02. The number of carbonyl (C=O) groups excluding carboxylic acids is 3. The van der Waals surface area contributed by atoms with Gasteiger partial charge >= 0.3 is 6.03 Å². The quantitative estimate of drug-likeness (QED) is 0.447. The summed E-state index contributed by atoms with van der Waals surface area (Å²) in [5.41, 5.74) is -0.150. The number of nitrogens with zero attached hydrogens (tertiary/aromatic N) is 1. The molecule has 1 aromatic heterocycles. The van der Waals surface area contributed by atoms with Crippen LogP contribution in [0.3, 0.4) is 0 Å². The van der Waals surface area contributed by atoms with Crippen LogP contribution >= 0.6 is 11.3 Å². The van der Waals surface area contributed by atoms with Gasteiger partial charge in [-0.25, -0.2) is 4.79 Å². The lowest BCUT2D eigenvalue weighted by molar-refractivity contribution is -0.135. The Balaban J connectivity index is 1.15. The molecule has 0 radical (unpaired) electrons. The molecule has 1 unspecified atom stereocenters. The Morgan fingerprint density at radius 2 is 2.00 bits per heavy atom. The summed E-state index contributed by atoms with van der Waals surface area (Å²) < 4.78 is 5.72. The first kappa shape index (κ1) is 20.5. The minimum absolute atomic E-state index is 0.273. The van der Waals surface area contributed by atoms with Crippen molar-refractivity contribution in [2.75, 3.05) is 19.7 Å². The molecule has 2 aliphatic rings. The molecule has 2 N–H and O–H groups in total. The van der Waals surface area contributed by atoms with Gasteiger partial charge in [0.2, 0.25) is 5.91 Å². The second kappa shape index (κ2) is 8.27. The zero-order valence-electron chi connectivity index (χ0n) is 17.4. The maximum Gasteiger partial charge on any atom is 0.325 e. The summed E-state index contributed by atoms with van der Waals surface area (Å²) >= 11 is 1.60. The minimum Gasteiger partial charge on any atom is -0.492 e. The third kappa shape index (κ3) is 3.60. The molecule has 164 valence electrons. The van der Waals surface area contributed by atoms with Gasteiger partial charge in [0.15, 0.2) is 0 Å². The number of aryl methyl sites for hydroxylation is 1. The maximum absolute atomic E-state index is 13.2. The summed E-state index contributed by atoms with van der Waals surface area (Å²) in [6.45, 7) is 0.253. The van der Waals surface area contributed by atoms with Gasteiger partial charge in [0.05, 0.1) is 6.54 Å². The second-order valence-corrected chi connectivity index (χ2v) is 9.05. The van der Waals surface area contributed by atoms with Crippen LogP contribution in [0.15, 0.2) is 53.9 Å². The SMILES string of the molecule is O=C(CN1C(=O)NC2(CCCc3sccc32)C1=O)NCCOc1ccc2ccccc2c1. The van der Waals surface area contributed by atoms with Gasteiger partial charge in [-0.2, -0.15) is 0 Å². The van der Waals surface area contributed by atoms with Crippen LogP contribution in [-0.4, -0.2) is 42.4 Å². The predicted octanol–water partition coefficient (Wildman–Crippen LogP) is 3.18. The van der Waals surface area contributed by atoms with Crippen molar-refractivity contribution in [2.45, 2.75) is 24.8 Å². The third-order valence-corrected chi connectivity index (χ3v) is 7.03. The number of hydrogen-bond acceptors (Lipinski definition) is 5. The van der Waals surface area contributed by atoms with Crippen LogP contribution in [0.2, 0.25) is 0 Å². The molecule has 0 bridgehead atoms. The van der Waals surface area contributed by atoms with E-state index in [0.29, 0.717) is 6.42 Å². The molecule has 1 fully saturated rings. The second-order valence-electron chi connectivity index (χ2n) is 8.05. The number of rotatable bonds is 6. The Bertz CT molecular complexity index is 1210. The van der Waals surface area contributed by atoms with E-state index in [9.17, 15) is 14.4 Å². The molecular formula is C24H23N3O4S. The van der Waals surface area contributed by atoms with E-state index in [1.807, 2.05) is 53.9 Å². The van der Waals surface area contributed by atoms with Crippen molar-refractivity contribution in [1.82, 2.24) is 15.5 Å². The maximum atomic E-state index is 13.2. The van der Waals surface area contributed by atoms with E-state index < -0.39 is 17.5 Å². The largest absolute Gasteiger partial charge is 0.492 e. The van der Waals surface area contributed by atoms with Gasteiger partial charge in [-0.05, 0) is 53.6 Å². The van der Waals surface area contributed by atoms with Crippen molar-refractivity contribution in [3.8, 4) is 5.75 Å². The Kier molecular flexibility index (Phi) is 5.30. The van der Waals surface area contributed by atoms with Crippen LogP contribution in [0, 0.1) is 0 Å². The molecule has 2 aromatic carbocycles. The van der Waals surface area contributed by atoms with E-state index in [-0.39, 0.29) is 25.6 Å². The molecule has 1 aliphatic carbocycles. The Labute approximate surface area is 189 Å². The predicted molar refractivity (Wildman–Crippen MR) is 122 cm³/mol. The van der Waals surface area contributed by atoms with Gasteiger partial charge in [-0.3, -0.25) is 14.5 Å². The summed E-state index contributed by atoms with van der Waals surface area (Å²) in [7, 11) is 0. The van der Waals surface area contributed by atoms with Crippen molar-refractivity contribution >= 4 is 40.0 Å². The fraction of sp³-hybridized carbons (Fsp3) is 0.292. The molecule has 8 heteroatoms. The van der Waals surface area contributed by atoms with Crippen molar-refractivity contribution in [3.05, 3.63) is 64.4 Å². The molecular weight excluding hydrogens is 426 g/mol. The Hall–Kier alpha value is -3.39. The Morgan fingerprint density at radius 1 is 1.16 bits per heavy atom. The first-order valence-electron chi connectivity index (χ1n) is 10.7. The van der Waals surface area contributed by atoms with E-state index in [0.717, 1.165) is 44.7 Å². The highest BCUT2D eigenvalue weighted by Gasteiger charge is 2.54. The number of fused-ring (bicyclic) bond motifs is 3. The zero-order valence-corrected chi connectivity index (χ0v) is 18.2. The molecule has 1 atom stereocenters. The number of ether oxygens (including phenoxy) is 1. The lowest BCUT2D eigenvalue weighted by atomic mass is 9.80. The zero-order chi connectivity index (χ0) is 22.1. The average molecular weight is 450 g/mol. The van der Waals surface area contributed by atoms with Gasteiger partial charge < -0.3 is 15.4 Å². The molecule has 7 nitrogen and oxygen atoms in total. The number of urea groups is 1. The molecule has 0 saturated carbocycles. The lowest BCUT2D eigenvalue weighted by Gasteiger charge is -2.31. The summed E-state index contributed by atoms with van der Waals surface area (Å²) in [5.74, 6) is -0.0173. The van der Waals surface area contributed by atoms with Crippen LogP contribution in [0.1, 0.15) is 23.3 Å². The van der Waals surface area contributed by atoms with Crippen LogP contribution in [0.5, 0.6) is 5.75 Å². The van der Waals surface area contributed by atoms with Gasteiger partial charge in [0, 0.05) is 10.4 Å². The highest BCUT2D eigenvalue weighted by Crippen LogP contribution is 2.42. The first-order chi connectivity index (χ1) is 15.6. The number of imide groups is 1. The molecule has 3 aromatic rings. The number of carbonyl (C=O) groups is 3. The number of thiophene rings is 1. The molecule has 5 rings (SSSR count).